The highest BCUT2D eigenvalue weighted by atomic mass is 15.3. The summed E-state index contributed by atoms with van der Waals surface area (Å²) < 4.78 is 0. The molecule has 1 atom stereocenters. The molecule has 80 valence electrons. The molecule has 2 nitrogen and oxygen atoms in total. The minimum Gasteiger partial charge on any atom is -0.302 e. The van der Waals surface area contributed by atoms with E-state index in [-0.39, 0.29) is 5.41 Å². The van der Waals surface area contributed by atoms with Gasteiger partial charge >= 0.3 is 0 Å². The van der Waals surface area contributed by atoms with E-state index in [1.54, 1.807) is 0 Å². The maximum atomic E-state index is 4.43. The second kappa shape index (κ2) is 3.69. The van der Waals surface area contributed by atoms with Crippen molar-refractivity contribution >= 4 is 5.71 Å². The molecule has 0 spiro atoms. The Morgan fingerprint density at radius 1 is 1.20 bits per heavy atom. The first kappa shape index (κ1) is 10.2. The molecule has 0 radical (unpaired) electrons. The summed E-state index contributed by atoms with van der Waals surface area (Å²) in [5.41, 5.74) is 5.98. The standard InChI is InChI=1S/C13H18N2/c1-13(2,3)12-9-11(14-15-12)10-7-5-4-6-8-10/h4-8,11,14H,9H2,1-3H3/t11-/m0/s1. The molecule has 2 heteroatoms. The van der Waals surface area contributed by atoms with Crippen molar-refractivity contribution < 1.29 is 0 Å². The Morgan fingerprint density at radius 3 is 2.40 bits per heavy atom. The van der Waals surface area contributed by atoms with E-state index in [9.17, 15) is 0 Å². The van der Waals surface area contributed by atoms with Gasteiger partial charge in [-0.25, -0.2) is 0 Å². The average Bonchev–Trinajstić information content (AvgIpc) is 2.67. The molecule has 0 saturated heterocycles. The van der Waals surface area contributed by atoms with Gasteiger partial charge in [-0.05, 0) is 5.56 Å². The van der Waals surface area contributed by atoms with Crippen LogP contribution in [0, 0.1) is 5.41 Å². The van der Waals surface area contributed by atoms with Gasteiger partial charge in [0.1, 0.15) is 0 Å². The lowest BCUT2D eigenvalue weighted by molar-refractivity contribution is 0.576. The molecule has 1 N–H and O–H groups in total. The predicted octanol–water partition coefficient (Wildman–Crippen LogP) is 3.12. The Kier molecular flexibility index (Phi) is 2.51. The molecule has 1 aliphatic heterocycles. The zero-order valence-electron chi connectivity index (χ0n) is 9.62. The molecule has 1 heterocycles. The van der Waals surface area contributed by atoms with Crippen LogP contribution in [0.15, 0.2) is 35.4 Å². The van der Waals surface area contributed by atoms with E-state index in [2.05, 4.69) is 55.6 Å². The third kappa shape index (κ3) is 2.20. The van der Waals surface area contributed by atoms with E-state index in [0.717, 1.165) is 6.42 Å². The monoisotopic (exact) mass is 202 g/mol. The van der Waals surface area contributed by atoms with E-state index in [0.29, 0.717) is 6.04 Å². The molecule has 0 aliphatic carbocycles. The van der Waals surface area contributed by atoms with Gasteiger partial charge in [0.05, 0.1) is 6.04 Å². The van der Waals surface area contributed by atoms with Crippen LogP contribution < -0.4 is 5.43 Å². The van der Waals surface area contributed by atoms with Crippen molar-refractivity contribution in [2.75, 3.05) is 0 Å². The molecule has 1 aliphatic rings. The summed E-state index contributed by atoms with van der Waals surface area (Å²) in [6.45, 7) is 6.63. The number of rotatable bonds is 1. The Morgan fingerprint density at radius 2 is 1.87 bits per heavy atom. The van der Waals surface area contributed by atoms with Crippen LogP contribution in [-0.2, 0) is 0 Å². The number of hydrazone groups is 1. The maximum Gasteiger partial charge on any atom is 0.0742 e. The van der Waals surface area contributed by atoms with Gasteiger partial charge in [0.15, 0.2) is 0 Å². The Hall–Kier alpha value is -1.31. The van der Waals surface area contributed by atoms with Crippen LogP contribution in [0.1, 0.15) is 38.8 Å². The average molecular weight is 202 g/mol. The van der Waals surface area contributed by atoms with Gasteiger partial charge in [0.25, 0.3) is 0 Å². The van der Waals surface area contributed by atoms with Gasteiger partial charge < -0.3 is 5.43 Å². The van der Waals surface area contributed by atoms with Gasteiger partial charge in [0, 0.05) is 17.5 Å². The van der Waals surface area contributed by atoms with Gasteiger partial charge in [0.2, 0.25) is 0 Å². The van der Waals surface area contributed by atoms with Crippen molar-refractivity contribution in [1.82, 2.24) is 5.43 Å². The summed E-state index contributed by atoms with van der Waals surface area (Å²) in [6.07, 6.45) is 1.02. The van der Waals surface area contributed by atoms with Crippen molar-refractivity contribution in [3.8, 4) is 0 Å². The molecule has 0 fully saturated rings. The SMILES string of the molecule is CC(C)(C)C1=NN[C@H](c2ccccc2)C1. The molecule has 0 saturated carbocycles. The quantitative estimate of drug-likeness (QED) is 0.743. The smallest absolute Gasteiger partial charge is 0.0742 e. The van der Waals surface area contributed by atoms with Gasteiger partial charge in [-0.15, -0.1) is 0 Å². The van der Waals surface area contributed by atoms with E-state index in [1.807, 2.05) is 6.07 Å². The maximum absolute atomic E-state index is 4.43. The second-order valence-corrected chi connectivity index (χ2v) is 5.10. The largest absolute Gasteiger partial charge is 0.302 e. The number of benzene rings is 1. The lowest BCUT2D eigenvalue weighted by Crippen LogP contribution is -2.18. The molecular weight excluding hydrogens is 184 g/mol. The van der Waals surface area contributed by atoms with Crippen LogP contribution in [0.5, 0.6) is 0 Å². The summed E-state index contributed by atoms with van der Waals surface area (Å²) >= 11 is 0. The third-order valence-corrected chi connectivity index (χ3v) is 2.82. The third-order valence-electron chi connectivity index (χ3n) is 2.82. The fraction of sp³-hybridized carbons (Fsp3) is 0.462. The van der Waals surface area contributed by atoms with E-state index < -0.39 is 0 Å². The molecular formula is C13H18N2. The van der Waals surface area contributed by atoms with Crippen LogP contribution >= 0.6 is 0 Å². The summed E-state index contributed by atoms with van der Waals surface area (Å²) in [5, 5.41) is 4.43. The normalized spacial score (nSPS) is 21.0. The molecule has 0 aromatic heterocycles. The first-order valence-electron chi connectivity index (χ1n) is 5.45. The van der Waals surface area contributed by atoms with Crippen molar-refractivity contribution in [2.45, 2.75) is 33.2 Å². The minimum absolute atomic E-state index is 0.177. The van der Waals surface area contributed by atoms with Crippen molar-refractivity contribution in [2.24, 2.45) is 10.5 Å². The second-order valence-electron chi connectivity index (χ2n) is 5.10. The van der Waals surface area contributed by atoms with Gasteiger partial charge in [-0.3, -0.25) is 0 Å². The van der Waals surface area contributed by atoms with Crippen molar-refractivity contribution in [3.05, 3.63) is 35.9 Å². The molecule has 0 amide bonds. The minimum atomic E-state index is 0.177. The lowest BCUT2D eigenvalue weighted by Gasteiger charge is -2.18. The molecule has 15 heavy (non-hydrogen) atoms. The number of nitrogens with zero attached hydrogens (tertiary/aromatic N) is 1. The molecule has 1 aromatic rings. The summed E-state index contributed by atoms with van der Waals surface area (Å²) in [6, 6.07) is 10.9. The highest BCUT2D eigenvalue weighted by Gasteiger charge is 2.27. The van der Waals surface area contributed by atoms with Gasteiger partial charge in [-0.1, -0.05) is 51.1 Å². The number of hydrogen-bond donors (Lipinski definition) is 1. The fourth-order valence-corrected chi connectivity index (χ4v) is 1.79. The van der Waals surface area contributed by atoms with Crippen LogP contribution in [0.25, 0.3) is 0 Å². The van der Waals surface area contributed by atoms with Crippen LogP contribution in [0.4, 0.5) is 0 Å². The Balaban J connectivity index is 2.09. The van der Waals surface area contributed by atoms with Crippen molar-refractivity contribution in [3.63, 3.8) is 0 Å². The number of hydrogen-bond acceptors (Lipinski definition) is 2. The van der Waals surface area contributed by atoms with E-state index in [4.69, 9.17) is 0 Å². The zero-order valence-corrected chi connectivity index (χ0v) is 9.62. The fourth-order valence-electron chi connectivity index (χ4n) is 1.79. The molecule has 0 bridgehead atoms. The van der Waals surface area contributed by atoms with Crippen LogP contribution in [-0.4, -0.2) is 5.71 Å². The summed E-state index contributed by atoms with van der Waals surface area (Å²) in [5.74, 6) is 0. The predicted molar refractivity (Wildman–Crippen MR) is 63.8 cm³/mol. The van der Waals surface area contributed by atoms with Gasteiger partial charge in [-0.2, -0.15) is 5.10 Å². The Labute approximate surface area is 91.4 Å². The first-order chi connectivity index (χ1) is 7.07. The zero-order chi connectivity index (χ0) is 10.9. The molecule has 0 unspecified atom stereocenters. The van der Waals surface area contributed by atoms with Crippen LogP contribution in [0.3, 0.4) is 0 Å². The van der Waals surface area contributed by atoms with E-state index in [1.165, 1.54) is 11.3 Å². The molecule has 2 rings (SSSR count). The van der Waals surface area contributed by atoms with Crippen LogP contribution in [0.2, 0.25) is 0 Å². The highest BCUT2D eigenvalue weighted by molar-refractivity contribution is 5.90. The molecule has 1 aromatic carbocycles. The van der Waals surface area contributed by atoms with Crippen molar-refractivity contribution in [1.29, 1.82) is 0 Å². The lowest BCUT2D eigenvalue weighted by atomic mass is 9.86. The first-order valence-corrected chi connectivity index (χ1v) is 5.45. The summed E-state index contributed by atoms with van der Waals surface area (Å²) in [4.78, 5) is 0. The number of nitrogens with one attached hydrogen (secondary N) is 1. The summed E-state index contributed by atoms with van der Waals surface area (Å²) in [7, 11) is 0. The Bertz CT molecular complexity index is 360. The highest BCUT2D eigenvalue weighted by Crippen LogP contribution is 2.29. The van der Waals surface area contributed by atoms with E-state index >= 15 is 0 Å². The topological polar surface area (TPSA) is 24.4 Å².